The average molecular weight is 370 g/mol. The summed E-state index contributed by atoms with van der Waals surface area (Å²) in [5, 5.41) is 12.3. The largest absolute Gasteiger partial charge is 0.362 e. The number of fused-ring (bicyclic) bond motifs is 1. The number of carbonyl (C=O) groups excluding carboxylic acids is 2. The van der Waals surface area contributed by atoms with Crippen molar-refractivity contribution in [1.29, 1.82) is 0 Å². The number of hydrogen-bond donors (Lipinski definition) is 4. The van der Waals surface area contributed by atoms with Gasteiger partial charge in [-0.2, -0.15) is 0 Å². The fourth-order valence-electron chi connectivity index (χ4n) is 4.07. The molecule has 0 aliphatic carbocycles. The van der Waals surface area contributed by atoms with E-state index < -0.39 is 5.92 Å². The van der Waals surface area contributed by atoms with Gasteiger partial charge in [0.2, 0.25) is 11.8 Å². The van der Waals surface area contributed by atoms with Gasteiger partial charge >= 0.3 is 0 Å². The molecule has 27 heavy (non-hydrogen) atoms. The second-order valence-electron chi connectivity index (χ2n) is 7.37. The molecular weight excluding hydrogens is 347 g/mol. The molecule has 0 radical (unpaired) electrons. The van der Waals surface area contributed by atoms with Gasteiger partial charge in [0.25, 0.3) is 0 Å². The number of nitrogens with one attached hydrogen (secondary N) is 4. The van der Waals surface area contributed by atoms with Crippen LogP contribution in [-0.2, 0) is 9.59 Å². The molecule has 4 rings (SSSR count). The minimum absolute atomic E-state index is 0.0769. The highest BCUT2D eigenvalue weighted by Crippen LogP contribution is 2.37. The molecule has 3 aliphatic rings. The fourth-order valence-corrected chi connectivity index (χ4v) is 4.07. The molecule has 0 spiro atoms. The quantitative estimate of drug-likeness (QED) is 0.653. The monoisotopic (exact) mass is 370 g/mol. The number of amides is 2. The van der Waals surface area contributed by atoms with E-state index in [9.17, 15) is 14.0 Å². The summed E-state index contributed by atoms with van der Waals surface area (Å²) in [7, 11) is 0. The Labute approximate surface area is 157 Å². The molecule has 0 bridgehead atoms. The Hall–Kier alpha value is -2.67. The van der Waals surface area contributed by atoms with Gasteiger partial charge in [-0.15, -0.1) is 0 Å². The van der Waals surface area contributed by atoms with Crippen molar-refractivity contribution in [3.05, 3.63) is 52.6 Å². The molecule has 1 aromatic rings. The van der Waals surface area contributed by atoms with Gasteiger partial charge in [-0.25, -0.2) is 4.39 Å². The van der Waals surface area contributed by atoms with Gasteiger partial charge < -0.3 is 21.3 Å². The van der Waals surface area contributed by atoms with Crippen LogP contribution in [0.3, 0.4) is 0 Å². The first-order valence-electron chi connectivity index (χ1n) is 9.25. The van der Waals surface area contributed by atoms with E-state index in [-0.39, 0.29) is 29.6 Å². The van der Waals surface area contributed by atoms with Gasteiger partial charge in [-0.05, 0) is 49.7 Å². The molecule has 1 saturated heterocycles. The lowest BCUT2D eigenvalue weighted by molar-refractivity contribution is -0.118. The van der Waals surface area contributed by atoms with Crippen LogP contribution in [0.4, 0.5) is 10.1 Å². The Morgan fingerprint density at radius 3 is 2.89 bits per heavy atom. The minimum Gasteiger partial charge on any atom is -0.362 e. The average Bonchev–Trinajstić information content (AvgIpc) is 3.29. The Bertz CT molecular complexity index is 871. The van der Waals surface area contributed by atoms with Crippen LogP contribution in [-0.4, -0.2) is 30.9 Å². The predicted molar refractivity (Wildman–Crippen MR) is 100 cm³/mol. The summed E-state index contributed by atoms with van der Waals surface area (Å²) in [6.45, 7) is 5.50. The highest BCUT2D eigenvalue weighted by atomic mass is 19.1. The molecule has 3 heterocycles. The van der Waals surface area contributed by atoms with Crippen molar-refractivity contribution in [3.63, 3.8) is 0 Å². The summed E-state index contributed by atoms with van der Waals surface area (Å²) in [6, 6.07) is 4.44. The Balaban J connectivity index is 1.55. The van der Waals surface area contributed by atoms with E-state index in [4.69, 9.17) is 0 Å². The third-order valence-electron chi connectivity index (χ3n) is 5.51. The normalized spacial score (nSPS) is 28.3. The summed E-state index contributed by atoms with van der Waals surface area (Å²) in [4.78, 5) is 25.1. The van der Waals surface area contributed by atoms with Gasteiger partial charge in [0.1, 0.15) is 5.82 Å². The van der Waals surface area contributed by atoms with Crippen LogP contribution in [0, 0.1) is 11.7 Å². The number of carbonyl (C=O) groups is 2. The second kappa shape index (κ2) is 6.81. The number of rotatable bonds is 3. The van der Waals surface area contributed by atoms with E-state index in [1.807, 2.05) is 13.8 Å². The molecule has 0 saturated carbocycles. The number of hydrogen-bond acceptors (Lipinski definition) is 4. The van der Waals surface area contributed by atoms with Crippen molar-refractivity contribution in [2.24, 2.45) is 5.92 Å². The maximum Gasteiger partial charge on any atom is 0.249 e. The van der Waals surface area contributed by atoms with E-state index in [0.29, 0.717) is 16.8 Å². The summed E-state index contributed by atoms with van der Waals surface area (Å²) >= 11 is 0. The molecular formula is C20H23FN4O2. The lowest BCUT2D eigenvalue weighted by Gasteiger charge is -2.15. The van der Waals surface area contributed by atoms with Crippen LogP contribution in [0.15, 0.2) is 41.2 Å². The van der Waals surface area contributed by atoms with Gasteiger partial charge in [-0.1, -0.05) is 6.92 Å². The predicted octanol–water partition coefficient (Wildman–Crippen LogP) is 1.74. The zero-order valence-corrected chi connectivity index (χ0v) is 15.4. The first kappa shape index (κ1) is 17.7. The third-order valence-corrected chi connectivity index (χ3v) is 5.51. The zero-order valence-electron chi connectivity index (χ0n) is 15.4. The van der Waals surface area contributed by atoms with Crippen LogP contribution >= 0.6 is 0 Å². The first-order valence-corrected chi connectivity index (χ1v) is 9.25. The highest BCUT2D eigenvalue weighted by molar-refractivity contribution is 6.04. The maximum atomic E-state index is 13.6. The summed E-state index contributed by atoms with van der Waals surface area (Å²) in [6.07, 6.45) is 2.72. The number of allylic oxidation sites excluding steroid dienone is 2. The van der Waals surface area contributed by atoms with Gasteiger partial charge in [0.15, 0.2) is 0 Å². The standard InChI is InChI=1S/C20H23FN4O2/c1-10-17(8-15-14-7-12(21)3-4-16(14)25-19(15)26)23-11(2)18(10)20(27)24-13-5-6-22-9-13/h3-4,7-8,10,13,15,22-23H,5-6,9H2,1-2H3,(H,24,27)(H,25,26). The molecule has 6 nitrogen and oxygen atoms in total. The van der Waals surface area contributed by atoms with Gasteiger partial charge in [0, 0.05) is 41.2 Å². The van der Waals surface area contributed by atoms with E-state index in [2.05, 4.69) is 21.3 Å². The summed E-state index contributed by atoms with van der Waals surface area (Å²) in [5.41, 5.74) is 3.51. The van der Waals surface area contributed by atoms with E-state index in [1.165, 1.54) is 12.1 Å². The Kier molecular flexibility index (Phi) is 4.47. The van der Waals surface area contributed by atoms with Crippen LogP contribution in [0.1, 0.15) is 31.7 Å². The van der Waals surface area contributed by atoms with Gasteiger partial charge in [0.05, 0.1) is 5.92 Å². The summed E-state index contributed by atoms with van der Waals surface area (Å²) in [5.74, 6) is -1.38. The lowest BCUT2D eigenvalue weighted by Crippen LogP contribution is -2.38. The molecule has 1 fully saturated rings. The third kappa shape index (κ3) is 3.23. The molecule has 142 valence electrons. The molecule has 0 aromatic heterocycles. The molecule has 2 amide bonds. The van der Waals surface area contributed by atoms with E-state index in [0.717, 1.165) is 30.9 Å². The van der Waals surface area contributed by atoms with E-state index in [1.54, 1.807) is 12.1 Å². The highest BCUT2D eigenvalue weighted by Gasteiger charge is 2.34. The zero-order chi connectivity index (χ0) is 19.1. The van der Waals surface area contributed by atoms with E-state index >= 15 is 0 Å². The molecule has 3 aliphatic heterocycles. The Morgan fingerprint density at radius 2 is 2.15 bits per heavy atom. The second-order valence-corrected chi connectivity index (χ2v) is 7.37. The maximum absolute atomic E-state index is 13.6. The van der Waals surface area contributed by atoms with Crippen LogP contribution in [0.2, 0.25) is 0 Å². The molecule has 3 atom stereocenters. The van der Waals surface area contributed by atoms with Crippen molar-refractivity contribution < 1.29 is 14.0 Å². The van der Waals surface area contributed by atoms with Crippen LogP contribution in [0.5, 0.6) is 0 Å². The molecule has 1 aromatic carbocycles. The van der Waals surface area contributed by atoms with Gasteiger partial charge in [-0.3, -0.25) is 9.59 Å². The Morgan fingerprint density at radius 1 is 1.33 bits per heavy atom. The van der Waals surface area contributed by atoms with Crippen molar-refractivity contribution in [1.82, 2.24) is 16.0 Å². The topological polar surface area (TPSA) is 82.3 Å². The number of benzene rings is 1. The van der Waals surface area contributed by atoms with Crippen molar-refractivity contribution in [2.45, 2.75) is 32.2 Å². The van der Waals surface area contributed by atoms with Crippen molar-refractivity contribution >= 4 is 17.5 Å². The first-order chi connectivity index (χ1) is 12.9. The van der Waals surface area contributed by atoms with Crippen LogP contribution < -0.4 is 21.3 Å². The SMILES string of the molecule is CC1=C(C(=O)NC2CCNC2)C(C)C(=CC2C(=O)Nc3ccc(F)cc32)N1. The van der Waals surface area contributed by atoms with Crippen LogP contribution in [0.25, 0.3) is 0 Å². The summed E-state index contributed by atoms with van der Waals surface area (Å²) < 4.78 is 13.6. The lowest BCUT2D eigenvalue weighted by atomic mass is 9.93. The fraction of sp³-hybridized carbons (Fsp3) is 0.400. The molecule has 4 N–H and O–H groups in total. The molecule has 7 heteroatoms. The van der Waals surface area contributed by atoms with Crippen molar-refractivity contribution in [3.8, 4) is 0 Å². The van der Waals surface area contributed by atoms with Crippen molar-refractivity contribution in [2.75, 3.05) is 18.4 Å². The number of halogens is 1. The molecule has 3 unspecified atom stereocenters. The smallest absolute Gasteiger partial charge is 0.249 e. The minimum atomic E-state index is -0.574. The number of anilines is 1.